The summed E-state index contributed by atoms with van der Waals surface area (Å²) >= 11 is 0. The summed E-state index contributed by atoms with van der Waals surface area (Å²) in [7, 11) is 0. The van der Waals surface area contributed by atoms with Crippen molar-refractivity contribution in [2.75, 3.05) is 19.6 Å². The Labute approximate surface area is 101 Å². The molecule has 1 aliphatic rings. The van der Waals surface area contributed by atoms with Gasteiger partial charge in [0.1, 0.15) is 0 Å². The van der Waals surface area contributed by atoms with Gasteiger partial charge in [-0.1, -0.05) is 13.0 Å². The van der Waals surface area contributed by atoms with Crippen molar-refractivity contribution in [3.63, 3.8) is 0 Å². The Balaban J connectivity index is 2.51. The number of hydrogen-bond acceptors (Lipinski definition) is 2. The lowest BCUT2D eigenvalue weighted by molar-refractivity contribution is -0.148. The van der Waals surface area contributed by atoms with Crippen LogP contribution in [0.5, 0.6) is 0 Å². The van der Waals surface area contributed by atoms with E-state index in [2.05, 4.69) is 11.9 Å². The van der Waals surface area contributed by atoms with E-state index in [4.69, 9.17) is 0 Å². The molecule has 2 amide bonds. The molecule has 0 aromatic heterocycles. The lowest BCUT2D eigenvalue weighted by Gasteiger charge is -2.23. The lowest BCUT2D eigenvalue weighted by Crippen LogP contribution is -2.41. The molecule has 1 unspecified atom stereocenters. The highest BCUT2D eigenvalue weighted by Gasteiger charge is 2.44. The number of hydrogen-bond donors (Lipinski definition) is 2. The lowest BCUT2D eigenvalue weighted by atomic mass is 9.84. The Morgan fingerprint density at radius 3 is 2.76 bits per heavy atom. The molecule has 0 aromatic carbocycles. The topological polar surface area (TPSA) is 69.6 Å². The first kappa shape index (κ1) is 13.5. The van der Waals surface area contributed by atoms with E-state index in [1.165, 1.54) is 0 Å². The molecular weight excluding hydrogens is 220 g/mol. The number of aliphatic carboxylic acids is 1. The van der Waals surface area contributed by atoms with Gasteiger partial charge >= 0.3 is 12.0 Å². The van der Waals surface area contributed by atoms with Gasteiger partial charge in [-0.25, -0.2) is 4.79 Å². The molecule has 1 aliphatic heterocycles. The largest absolute Gasteiger partial charge is 0.481 e. The van der Waals surface area contributed by atoms with Gasteiger partial charge in [0.2, 0.25) is 0 Å². The van der Waals surface area contributed by atoms with E-state index in [0.29, 0.717) is 32.5 Å². The zero-order valence-electron chi connectivity index (χ0n) is 10.2. The first-order chi connectivity index (χ1) is 8.05. The average molecular weight is 240 g/mol. The molecular formula is C12H20N2O3. The molecule has 0 saturated carbocycles. The summed E-state index contributed by atoms with van der Waals surface area (Å²) < 4.78 is 0. The predicted molar refractivity (Wildman–Crippen MR) is 64.8 cm³/mol. The van der Waals surface area contributed by atoms with Crippen molar-refractivity contribution in [3.05, 3.63) is 12.7 Å². The Bertz CT molecular complexity index is 317. The molecule has 1 rings (SSSR count). The van der Waals surface area contributed by atoms with Gasteiger partial charge in [-0.2, -0.15) is 0 Å². The zero-order valence-corrected chi connectivity index (χ0v) is 10.2. The minimum Gasteiger partial charge on any atom is -0.481 e. The monoisotopic (exact) mass is 240 g/mol. The van der Waals surface area contributed by atoms with E-state index in [1.54, 1.807) is 11.0 Å². The van der Waals surface area contributed by atoms with E-state index in [9.17, 15) is 14.7 Å². The molecule has 0 spiro atoms. The third kappa shape index (κ3) is 2.99. The third-order valence-corrected chi connectivity index (χ3v) is 3.40. The molecule has 1 heterocycles. The number of rotatable bonds is 5. The second kappa shape index (κ2) is 5.70. The maximum Gasteiger partial charge on any atom is 0.317 e. The van der Waals surface area contributed by atoms with Gasteiger partial charge in [0.05, 0.1) is 5.41 Å². The minimum absolute atomic E-state index is 0.177. The summed E-state index contributed by atoms with van der Waals surface area (Å²) in [5.41, 5.74) is -0.754. The number of carbonyl (C=O) groups excluding carboxylic acids is 1. The smallest absolute Gasteiger partial charge is 0.317 e. The first-order valence-corrected chi connectivity index (χ1v) is 5.93. The molecule has 0 bridgehead atoms. The molecule has 0 aromatic rings. The Morgan fingerprint density at radius 2 is 2.29 bits per heavy atom. The van der Waals surface area contributed by atoms with Crippen molar-refractivity contribution in [2.45, 2.75) is 26.2 Å². The van der Waals surface area contributed by atoms with Crippen LogP contribution in [0.25, 0.3) is 0 Å². The van der Waals surface area contributed by atoms with Crippen molar-refractivity contribution in [1.82, 2.24) is 10.2 Å². The van der Waals surface area contributed by atoms with E-state index < -0.39 is 11.4 Å². The number of likely N-dealkylation sites (tertiary alicyclic amines) is 1. The second-order valence-electron chi connectivity index (χ2n) is 4.42. The van der Waals surface area contributed by atoms with Gasteiger partial charge in [0, 0.05) is 19.6 Å². The van der Waals surface area contributed by atoms with Crippen molar-refractivity contribution >= 4 is 12.0 Å². The molecule has 17 heavy (non-hydrogen) atoms. The number of carboxylic acid groups (broad SMARTS) is 1. The quantitative estimate of drug-likeness (QED) is 0.564. The molecule has 1 saturated heterocycles. The SMILES string of the molecule is C=CCCNC(=O)N1CCC(CC)(C(=O)O)C1. The van der Waals surface area contributed by atoms with Crippen LogP contribution in [-0.4, -0.2) is 41.6 Å². The fourth-order valence-corrected chi connectivity index (χ4v) is 2.05. The van der Waals surface area contributed by atoms with E-state index in [1.807, 2.05) is 6.92 Å². The van der Waals surface area contributed by atoms with E-state index in [0.717, 1.165) is 6.42 Å². The van der Waals surface area contributed by atoms with Gasteiger partial charge in [0.25, 0.3) is 0 Å². The molecule has 1 atom stereocenters. The standard InChI is InChI=1S/C12H20N2O3/c1-3-5-7-13-11(17)14-8-6-12(4-2,9-14)10(15)16/h3H,1,4-9H2,2H3,(H,13,17)(H,15,16). The summed E-state index contributed by atoms with van der Waals surface area (Å²) in [5, 5.41) is 12.0. The molecule has 5 nitrogen and oxygen atoms in total. The minimum atomic E-state index is -0.804. The molecule has 0 radical (unpaired) electrons. The highest BCUT2D eigenvalue weighted by Crippen LogP contribution is 2.34. The predicted octanol–water partition coefficient (Wildman–Crippen LogP) is 1.46. The molecule has 2 N–H and O–H groups in total. The van der Waals surface area contributed by atoms with Gasteiger partial charge in [-0.15, -0.1) is 6.58 Å². The van der Waals surface area contributed by atoms with Crippen LogP contribution in [0.15, 0.2) is 12.7 Å². The second-order valence-corrected chi connectivity index (χ2v) is 4.42. The molecule has 0 aliphatic carbocycles. The van der Waals surface area contributed by atoms with Crippen LogP contribution < -0.4 is 5.32 Å². The highest BCUT2D eigenvalue weighted by molar-refractivity contribution is 5.79. The highest BCUT2D eigenvalue weighted by atomic mass is 16.4. The van der Waals surface area contributed by atoms with Crippen LogP contribution in [0.4, 0.5) is 4.79 Å². The van der Waals surface area contributed by atoms with Crippen LogP contribution in [0.3, 0.4) is 0 Å². The van der Waals surface area contributed by atoms with Crippen LogP contribution >= 0.6 is 0 Å². The fourth-order valence-electron chi connectivity index (χ4n) is 2.05. The normalized spacial score (nSPS) is 23.5. The summed E-state index contributed by atoms with van der Waals surface area (Å²) in [5.74, 6) is -0.804. The van der Waals surface area contributed by atoms with Crippen LogP contribution in [-0.2, 0) is 4.79 Å². The summed E-state index contributed by atoms with van der Waals surface area (Å²) in [6.45, 7) is 6.79. The van der Waals surface area contributed by atoms with E-state index in [-0.39, 0.29) is 6.03 Å². The number of carboxylic acids is 1. The number of nitrogens with zero attached hydrogens (tertiary/aromatic N) is 1. The van der Waals surface area contributed by atoms with Crippen molar-refractivity contribution in [3.8, 4) is 0 Å². The summed E-state index contributed by atoms with van der Waals surface area (Å²) in [6, 6.07) is -0.177. The molecule has 1 fully saturated rings. The Hall–Kier alpha value is -1.52. The van der Waals surface area contributed by atoms with Gasteiger partial charge in [0.15, 0.2) is 0 Å². The zero-order chi connectivity index (χ0) is 12.9. The molecule has 96 valence electrons. The van der Waals surface area contributed by atoms with Gasteiger partial charge in [-0.3, -0.25) is 4.79 Å². The van der Waals surface area contributed by atoms with Crippen LogP contribution in [0.2, 0.25) is 0 Å². The van der Waals surface area contributed by atoms with Crippen molar-refractivity contribution in [2.24, 2.45) is 5.41 Å². The number of nitrogens with one attached hydrogen (secondary N) is 1. The maximum atomic E-state index is 11.7. The van der Waals surface area contributed by atoms with E-state index >= 15 is 0 Å². The fraction of sp³-hybridized carbons (Fsp3) is 0.667. The van der Waals surface area contributed by atoms with Gasteiger partial charge < -0.3 is 15.3 Å². The Morgan fingerprint density at radius 1 is 1.59 bits per heavy atom. The summed E-state index contributed by atoms with van der Waals surface area (Å²) in [6.07, 6.45) is 3.54. The number of carbonyl (C=O) groups is 2. The summed E-state index contributed by atoms with van der Waals surface area (Å²) in [4.78, 5) is 24.5. The van der Waals surface area contributed by atoms with Gasteiger partial charge in [-0.05, 0) is 19.3 Å². The first-order valence-electron chi connectivity index (χ1n) is 5.93. The third-order valence-electron chi connectivity index (χ3n) is 3.40. The van der Waals surface area contributed by atoms with Crippen molar-refractivity contribution < 1.29 is 14.7 Å². The number of urea groups is 1. The molecule has 5 heteroatoms. The average Bonchev–Trinajstić information content (AvgIpc) is 2.75. The maximum absolute atomic E-state index is 11.7. The van der Waals surface area contributed by atoms with Crippen LogP contribution in [0.1, 0.15) is 26.2 Å². The van der Waals surface area contributed by atoms with Crippen molar-refractivity contribution in [1.29, 1.82) is 0 Å². The van der Waals surface area contributed by atoms with Crippen LogP contribution in [0, 0.1) is 5.41 Å². The number of amides is 2. The Kier molecular flexibility index (Phi) is 4.54.